The highest BCUT2D eigenvalue weighted by Gasteiger charge is 2.42. The number of methoxy groups -OCH3 is 2. The number of hydrogen-bond acceptors (Lipinski definition) is 5. The molecule has 4 rings (SSSR count). The molecule has 0 radical (unpaired) electrons. The van der Waals surface area contributed by atoms with Gasteiger partial charge in [-0.05, 0) is 41.5 Å². The van der Waals surface area contributed by atoms with E-state index in [1.807, 2.05) is 12.1 Å². The normalized spacial score (nSPS) is 23.7. The summed E-state index contributed by atoms with van der Waals surface area (Å²) in [6, 6.07) is 3.90. The molecule has 0 aromatic heterocycles. The Balaban J connectivity index is 1.83. The van der Waals surface area contributed by atoms with E-state index in [1.54, 1.807) is 14.2 Å². The summed E-state index contributed by atoms with van der Waals surface area (Å²) in [5, 5.41) is 2.90. The lowest BCUT2D eigenvalue weighted by molar-refractivity contribution is -0.124. The van der Waals surface area contributed by atoms with E-state index in [0.29, 0.717) is 30.0 Å². The number of hydrogen-bond donors (Lipinski definition) is 1. The van der Waals surface area contributed by atoms with Crippen LogP contribution in [0.2, 0.25) is 0 Å². The van der Waals surface area contributed by atoms with Crippen LogP contribution >= 0.6 is 0 Å². The van der Waals surface area contributed by atoms with Crippen LogP contribution in [0, 0.1) is 5.41 Å². The lowest BCUT2D eigenvalue weighted by Gasteiger charge is -2.43. The number of Topliss-reactive ketones (excluding diaryl/α,β-unsaturated/α-hetero) is 1. The maximum Gasteiger partial charge on any atom is 0.226 e. The second kappa shape index (κ2) is 6.29. The molecular weight excluding hydrogens is 344 g/mol. The van der Waals surface area contributed by atoms with Crippen LogP contribution in [0.3, 0.4) is 0 Å². The van der Waals surface area contributed by atoms with Gasteiger partial charge in [0.05, 0.1) is 26.7 Å². The highest BCUT2D eigenvalue weighted by Crippen LogP contribution is 2.46. The van der Waals surface area contributed by atoms with Gasteiger partial charge >= 0.3 is 0 Å². The molecule has 1 aromatic carbocycles. The van der Waals surface area contributed by atoms with Crippen molar-refractivity contribution in [2.24, 2.45) is 5.41 Å². The van der Waals surface area contributed by atoms with Crippen LogP contribution in [0.25, 0.3) is 0 Å². The summed E-state index contributed by atoms with van der Waals surface area (Å²) in [6.45, 7) is 5.01. The molecule has 27 heavy (non-hydrogen) atoms. The van der Waals surface area contributed by atoms with Crippen molar-refractivity contribution in [1.82, 2.24) is 10.2 Å². The topological polar surface area (TPSA) is 67.9 Å². The summed E-state index contributed by atoms with van der Waals surface area (Å²) in [7, 11) is 3.25. The largest absolute Gasteiger partial charge is 0.493 e. The zero-order valence-corrected chi connectivity index (χ0v) is 16.3. The highest BCUT2D eigenvalue weighted by atomic mass is 16.5. The van der Waals surface area contributed by atoms with Crippen molar-refractivity contribution < 1.29 is 19.1 Å². The molecule has 1 amide bonds. The van der Waals surface area contributed by atoms with Gasteiger partial charge < -0.3 is 19.7 Å². The third-order valence-electron chi connectivity index (χ3n) is 5.85. The maximum atomic E-state index is 12.7. The van der Waals surface area contributed by atoms with Gasteiger partial charge in [-0.2, -0.15) is 0 Å². The fraction of sp³-hybridized carbons (Fsp3) is 0.524. The Hall–Kier alpha value is -2.50. The third-order valence-corrected chi connectivity index (χ3v) is 5.85. The van der Waals surface area contributed by atoms with Gasteiger partial charge in [-0.15, -0.1) is 0 Å². The number of carbonyl (C=O) groups excluding carboxylic acids is 2. The lowest BCUT2D eigenvalue weighted by Crippen LogP contribution is -2.40. The van der Waals surface area contributed by atoms with E-state index in [9.17, 15) is 9.59 Å². The van der Waals surface area contributed by atoms with Crippen molar-refractivity contribution >= 4 is 11.7 Å². The molecule has 2 heterocycles. The Morgan fingerprint density at radius 1 is 1.11 bits per heavy atom. The Morgan fingerprint density at radius 2 is 1.81 bits per heavy atom. The molecule has 1 N–H and O–H groups in total. The van der Waals surface area contributed by atoms with Crippen LogP contribution in [0.5, 0.6) is 11.5 Å². The first-order valence-electron chi connectivity index (χ1n) is 9.40. The van der Waals surface area contributed by atoms with Crippen LogP contribution in [-0.2, 0) is 16.0 Å². The Bertz CT molecular complexity index is 856. The third kappa shape index (κ3) is 2.97. The summed E-state index contributed by atoms with van der Waals surface area (Å²) in [5.74, 6) is 1.30. The summed E-state index contributed by atoms with van der Waals surface area (Å²) >= 11 is 0. The molecule has 6 nitrogen and oxygen atoms in total. The number of ether oxygens (including phenoxy) is 2. The zero-order valence-electron chi connectivity index (χ0n) is 16.3. The zero-order chi connectivity index (χ0) is 19.3. The first-order chi connectivity index (χ1) is 12.8. The van der Waals surface area contributed by atoms with Gasteiger partial charge in [-0.3, -0.25) is 9.59 Å². The van der Waals surface area contributed by atoms with E-state index < -0.39 is 0 Å². The van der Waals surface area contributed by atoms with E-state index in [-0.39, 0.29) is 23.1 Å². The van der Waals surface area contributed by atoms with Crippen molar-refractivity contribution in [2.45, 2.75) is 45.6 Å². The molecule has 2 aliphatic heterocycles. The number of fused-ring (bicyclic) bond motifs is 4. The molecule has 1 aromatic rings. The van der Waals surface area contributed by atoms with Crippen molar-refractivity contribution in [1.29, 1.82) is 0 Å². The quantitative estimate of drug-likeness (QED) is 0.867. The number of nitrogens with zero attached hydrogens (tertiary/aromatic N) is 1. The van der Waals surface area contributed by atoms with Gasteiger partial charge in [-0.1, -0.05) is 13.8 Å². The first-order valence-corrected chi connectivity index (χ1v) is 9.40. The number of benzene rings is 1. The molecule has 0 spiro atoms. The van der Waals surface area contributed by atoms with Crippen molar-refractivity contribution in [3.63, 3.8) is 0 Å². The minimum atomic E-state index is -0.106. The molecule has 0 unspecified atom stereocenters. The van der Waals surface area contributed by atoms with Gasteiger partial charge in [0, 0.05) is 18.7 Å². The van der Waals surface area contributed by atoms with Crippen molar-refractivity contribution in [3.8, 4) is 11.5 Å². The molecule has 3 aliphatic rings. The van der Waals surface area contributed by atoms with Crippen molar-refractivity contribution in [2.75, 3.05) is 20.8 Å². The number of amides is 1. The average Bonchev–Trinajstić information content (AvgIpc) is 2.76. The monoisotopic (exact) mass is 370 g/mol. The summed E-state index contributed by atoms with van der Waals surface area (Å²) < 4.78 is 10.9. The number of allylic oxidation sites excluding steroid dienone is 2. The minimum Gasteiger partial charge on any atom is -0.493 e. The molecule has 1 aliphatic carbocycles. The number of rotatable bonds is 2. The lowest BCUT2D eigenvalue weighted by atomic mass is 9.76. The van der Waals surface area contributed by atoms with Crippen LogP contribution in [-0.4, -0.2) is 37.4 Å². The Labute approximate surface area is 159 Å². The Morgan fingerprint density at radius 3 is 2.52 bits per heavy atom. The van der Waals surface area contributed by atoms with Gasteiger partial charge in [0.2, 0.25) is 5.91 Å². The number of carbonyl (C=O) groups is 2. The van der Waals surface area contributed by atoms with E-state index in [0.717, 1.165) is 30.6 Å². The number of nitrogens with one attached hydrogen (secondary N) is 1. The molecular formula is C21H26N2O4. The maximum absolute atomic E-state index is 12.7. The van der Waals surface area contributed by atoms with E-state index in [2.05, 4.69) is 24.1 Å². The second-order valence-electron chi connectivity index (χ2n) is 8.38. The fourth-order valence-electron chi connectivity index (χ4n) is 4.61. The summed E-state index contributed by atoms with van der Waals surface area (Å²) in [6.07, 6.45) is 2.41. The van der Waals surface area contributed by atoms with E-state index >= 15 is 0 Å². The molecule has 0 bridgehead atoms. The van der Waals surface area contributed by atoms with Crippen LogP contribution in [0.1, 0.15) is 50.3 Å². The summed E-state index contributed by atoms with van der Waals surface area (Å²) in [4.78, 5) is 27.6. The van der Waals surface area contributed by atoms with Crippen molar-refractivity contribution in [3.05, 3.63) is 34.7 Å². The van der Waals surface area contributed by atoms with Crippen LogP contribution in [0.15, 0.2) is 23.5 Å². The predicted molar refractivity (Wildman–Crippen MR) is 101 cm³/mol. The molecule has 0 fully saturated rings. The molecule has 1 atom stereocenters. The van der Waals surface area contributed by atoms with E-state index in [4.69, 9.17) is 9.47 Å². The van der Waals surface area contributed by atoms with Gasteiger partial charge in [0.25, 0.3) is 0 Å². The van der Waals surface area contributed by atoms with Gasteiger partial charge in [-0.25, -0.2) is 0 Å². The first kappa shape index (κ1) is 17.9. The molecule has 144 valence electrons. The number of ketones is 1. The molecule has 6 heteroatoms. The Kier molecular flexibility index (Phi) is 4.17. The predicted octanol–water partition coefficient (Wildman–Crippen LogP) is 2.72. The minimum absolute atomic E-state index is 0.0355. The molecule has 0 saturated carbocycles. The summed E-state index contributed by atoms with van der Waals surface area (Å²) in [5.41, 5.74) is 3.64. The van der Waals surface area contributed by atoms with Gasteiger partial charge in [0.15, 0.2) is 17.3 Å². The van der Waals surface area contributed by atoms with Crippen LogP contribution < -0.4 is 14.8 Å². The van der Waals surface area contributed by atoms with Crippen LogP contribution in [0.4, 0.5) is 0 Å². The standard InChI is InChI=1S/C21H26N2O4/c1-21(2)10-15-20(16(24)11-21)22-19(25)9-14-13-8-18(27-4)17(26-3)7-12(13)5-6-23(14)15/h7-8,14H,5-6,9-11H2,1-4H3,(H,22,25)/t14-/m0/s1. The SMILES string of the molecule is COc1cc2c(cc1OC)[C@@H]1CC(=O)NC3=C(CC(C)(C)CC3=O)N1CC2. The smallest absolute Gasteiger partial charge is 0.226 e. The average molecular weight is 370 g/mol. The second-order valence-corrected chi connectivity index (χ2v) is 8.38. The van der Waals surface area contributed by atoms with Gasteiger partial charge in [0.1, 0.15) is 5.70 Å². The fourth-order valence-corrected chi connectivity index (χ4v) is 4.61. The molecule has 0 saturated heterocycles. The van der Waals surface area contributed by atoms with E-state index in [1.165, 1.54) is 5.56 Å². The highest BCUT2D eigenvalue weighted by molar-refractivity contribution is 6.01.